The van der Waals surface area contributed by atoms with Gasteiger partial charge in [0.25, 0.3) is 0 Å². The Morgan fingerprint density at radius 2 is 1.36 bits per heavy atom. The Labute approximate surface area is 154 Å². The molecule has 0 aliphatic heterocycles. The van der Waals surface area contributed by atoms with Crippen molar-refractivity contribution >= 4 is 11.9 Å². The summed E-state index contributed by atoms with van der Waals surface area (Å²) in [5.41, 5.74) is 0. The van der Waals surface area contributed by atoms with E-state index >= 15 is 0 Å². The zero-order valence-electron chi connectivity index (χ0n) is 16.3. The number of ether oxygens (including phenoxy) is 1. The second-order valence-corrected chi connectivity index (χ2v) is 6.71. The van der Waals surface area contributed by atoms with Gasteiger partial charge in [0.05, 0.1) is 0 Å². The maximum atomic E-state index is 11.5. The van der Waals surface area contributed by atoms with Crippen molar-refractivity contribution in [2.24, 2.45) is 0 Å². The van der Waals surface area contributed by atoms with Gasteiger partial charge in [-0.05, 0) is 38.5 Å². The molecular formula is C21H38O4. The summed E-state index contributed by atoms with van der Waals surface area (Å²) >= 11 is 0. The van der Waals surface area contributed by atoms with Crippen molar-refractivity contribution in [2.45, 2.75) is 110 Å². The van der Waals surface area contributed by atoms with Gasteiger partial charge in [0.2, 0.25) is 0 Å². The molecule has 0 spiro atoms. The molecule has 0 saturated heterocycles. The number of carboxylic acid groups (broad SMARTS) is 1. The third kappa shape index (κ3) is 15.9. The molecular weight excluding hydrogens is 316 g/mol. The average Bonchev–Trinajstić information content (AvgIpc) is 2.59. The van der Waals surface area contributed by atoms with E-state index in [4.69, 9.17) is 9.84 Å². The molecule has 0 fully saturated rings. The second kappa shape index (κ2) is 17.5. The highest BCUT2D eigenvalue weighted by atomic mass is 16.6. The summed E-state index contributed by atoms with van der Waals surface area (Å²) in [6.07, 6.45) is 18.6. The molecule has 25 heavy (non-hydrogen) atoms. The first-order valence-corrected chi connectivity index (χ1v) is 10.2. The molecule has 0 aliphatic rings. The van der Waals surface area contributed by atoms with E-state index in [-0.39, 0.29) is 0 Å². The lowest BCUT2D eigenvalue weighted by atomic mass is 10.1. The fourth-order valence-electron chi connectivity index (χ4n) is 2.69. The summed E-state index contributed by atoms with van der Waals surface area (Å²) in [4.78, 5) is 22.3. The van der Waals surface area contributed by atoms with Crippen molar-refractivity contribution in [1.29, 1.82) is 0 Å². The first kappa shape index (κ1) is 23.7. The van der Waals surface area contributed by atoms with Crippen LogP contribution in [0, 0.1) is 0 Å². The molecule has 1 atom stereocenters. The van der Waals surface area contributed by atoms with Gasteiger partial charge in [-0.15, -0.1) is 0 Å². The standard InChI is InChI=1S/C21H38O4/c1-3-5-6-7-8-9-10-11-12-13-14-15-16-17-18-20(22)25-19(4-2)21(23)24/h10-11,19H,3-9,12-18H2,1-2H3,(H,23,24)/b11-10-. The topological polar surface area (TPSA) is 63.6 Å². The van der Waals surface area contributed by atoms with Crippen LogP contribution in [0.4, 0.5) is 0 Å². The maximum absolute atomic E-state index is 11.5. The summed E-state index contributed by atoms with van der Waals surface area (Å²) in [5.74, 6) is -1.46. The van der Waals surface area contributed by atoms with E-state index in [0.717, 1.165) is 25.7 Å². The van der Waals surface area contributed by atoms with Crippen molar-refractivity contribution in [3.63, 3.8) is 0 Å². The number of esters is 1. The Hall–Kier alpha value is -1.32. The number of hydrogen-bond donors (Lipinski definition) is 1. The smallest absolute Gasteiger partial charge is 0.345 e. The van der Waals surface area contributed by atoms with Gasteiger partial charge in [-0.3, -0.25) is 4.79 Å². The predicted molar refractivity (Wildman–Crippen MR) is 103 cm³/mol. The Balaban J connectivity index is 3.38. The molecule has 0 saturated carbocycles. The summed E-state index contributed by atoms with van der Waals surface area (Å²) < 4.78 is 4.93. The van der Waals surface area contributed by atoms with Gasteiger partial charge >= 0.3 is 11.9 Å². The van der Waals surface area contributed by atoms with Gasteiger partial charge in [-0.2, -0.15) is 0 Å². The Morgan fingerprint density at radius 3 is 1.88 bits per heavy atom. The normalized spacial score (nSPS) is 12.4. The third-order valence-corrected chi connectivity index (χ3v) is 4.31. The molecule has 0 rings (SSSR count). The number of carbonyl (C=O) groups excluding carboxylic acids is 1. The SMILES string of the molecule is CCCCCCC/C=C\CCCCCCCC(=O)OC(CC)C(=O)O. The molecule has 146 valence electrons. The summed E-state index contributed by atoms with van der Waals surface area (Å²) in [6, 6.07) is 0. The zero-order valence-corrected chi connectivity index (χ0v) is 16.3. The van der Waals surface area contributed by atoms with Gasteiger partial charge in [-0.25, -0.2) is 4.79 Å². The van der Waals surface area contributed by atoms with E-state index in [2.05, 4.69) is 19.1 Å². The quantitative estimate of drug-likeness (QED) is 0.196. The number of hydrogen-bond acceptors (Lipinski definition) is 3. The van der Waals surface area contributed by atoms with E-state index in [1.807, 2.05) is 0 Å². The third-order valence-electron chi connectivity index (χ3n) is 4.31. The first-order valence-electron chi connectivity index (χ1n) is 10.2. The number of carbonyl (C=O) groups is 2. The molecule has 1 N–H and O–H groups in total. The van der Waals surface area contributed by atoms with Crippen LogP contribution >= 0.6 is 0 Å². The van der Waals surface area contributed by atoms with E-state index in [9.17, 15) is 9.59 Å². The number of carboxylic acids is 1. The van der Waals surface area contributed by atoms with Crippen LogP contribution in [0.2, 0.25) is 0 Å². The number of aliphatic carboxylic acids is 1. The molecule has 0 amide bonds. The highest BCUT2D eigenvalue weighted by Gasteiger charge is 2.19. The molecule has 0 heterocycles. The number of rotatable bonds is 17. The molecule has 4 nitrogen and oxygen atoms in total. The van der Waals surface area contributed by atoms with Crippen molar-refractivity contribution in [2.75, 3.05) is 0 Å². The van der Waals surface area contributed by atoms with Gasteiger partial charge < -0.3 is 9.84 Å². The molecule has 0 aromatic rings. The van der Waals surface area contributed by atoms with Crippen molar-refractivity contribution in [3.05, 3.63) is 12.2 Å². The minimum absolute atomic E-state index is 0.313. The van der Waals surface area contributed by atoms with E-state index in [0.29, 0.717) is 12.8 Å². The van der Waals surface area contributed by atoms with E-state index in [1.54, 1.807) is 6.92 Å². The lowest BCUT2D eigenvalue weighted by molar-refractivity contribution is -0.164. The predicted octanol–water partition coefficient (Wildman–Crippen LogP) is 6.04. The van der Waals surface area contributed by atoms with Crippen LogP contribution in [0.15, 0.2) is 12.2 Å². The maximum Gasteiger partial charge on any atom is 0.345 e. The average molecular weight is 355 g/mol. The summed E-state index contributed by atoms with van der Waals surface area (Å²) in [7, 11) is 0. The molecule has 0 radical (unpaired) electrons. The van der Waals surface area contributed by atoms with Crippen LogP contribution < -0.4 is 0 Å². The molecule has 0 aliphatic carbocycles. The minimum atomic E-state index is -1.06. The van der Waals surface area contributed by atoms with Crippen molar-refractivity contribution in [1.82, 2.24) is 0 Å². The largest absolute Gasteiger partial charge is 0.479 e. The van der Waals surface area contributed by atoms with Crippen LogP contribution in [0.25, 0.3) is 0 Å². The van der Waals surface area contributed by atoms with E-state index in [1.165, 1.54) is 51.4 Å². The van der Waals surface area contributed by atoms with Crippen LogP contribution in [-0.4, -0.2) is 23.1 Å². The summed E-state index contributed by atoms with van der Waals surface area (Å²) in [5, 5.41) is 8.83. The highest BCUT2D eigenvalue weighted by Crippen LogP contribution is 2.10. The molecule has 4 heteroatoms. The fraction of sp³-hybridized carbons (Fsp3) is 0.810. The van der Waals surface area contributed by atoms with Crippen LogP contribution in [0.3, 0.4) is 0 Å². The van der Waals surface area contributed by atoms with Gasteiger partial charge in [0.15, 0.2) is 6.10 Å². The van der Waals surface area contributed by atoms with Gasteiger partial charge in [0, 0.05) is 6.42 Å². The summed E-state index contributed by atoms with van der Waals surface area (Å²) in [6.45, 7) is 3.94. The van der Waals surface area contributed by atoms with Crippen LogP contribution in [-0.2, 0) is 14.3 Å². The van der Waals surface area contributed by atoms with Gasteiger partial charge in [0.1, 0.15) is 0 Å². The monoisotopic (exact) mass is 354 g/mol. The Morgan fingerprint density at radius 1 is 0.840 bits per heavy atom. The highest BCUT2D eigenvalue weighted by molar-refractivity contribution is 5.77. The zero-order chi connectivity index (χ0) is 18.8. The second-order valence-electron chi connectivity index (χ2n) is 6.71. The number of unbranched alkanes of at least 4 members (excludes halogenated alkanes) is 10. The number of allylic oxidation sites excluding steroid dienone is 2. The van der Waals surface area contributed by atoms with Crippen molar-refractivity contribution in [3.8, 4) is 0 Å². The van der Waals surface area contributed by atoms with Gasteiger partial charge in [-0.1, -0.05) is 70.9 Å². The lowest BCUT2D eigenvalue weighted by Crippen LogP contribution is -2.26. The van der Waals surface area contributed by atoms with Crippen LogP contribution in [0.1, 0.15) is 104 Å². The Kier molecular flexibility index (Phi) is 16.6. The van der Waals surface area contributed by atoms with Crippen molar-refractivity contribution < 1.29 is 19.4 Å². The first-order chi connectivity index (χ1) is 12.1. The Bertz CT molecular complexity index is 363. The molecule has 0 aromatic heterocycles. The minimum Gasteiger partial charge on any atom is -0.479 e. The molecule has 0 bridgehead atoms. The fourth-order valence-corrected chi connectivity index (χ4v) is 2.69. The molecule has 0 aromatic carbocycles. The van der Waals surface area contributed by atoms with Crippen LogP contribution in [0.5, 0.6) is 0 Å². The molecule has 1 unspecified atom stereocenters. The lowest BCUT2D eigenvalue weighted by Gasteiger charge is -2.11. The van der Waals surface area contributed by atoms with E-state index < -0.39 is 18.0 Å².